The fraction of sp³-hybridized carbons (Fsp3) is 0.588. The highest BCUT2D eigenvalue weighted by Gasteiger charge is 2.36. The summed E-state index contributed by atoms with van der Waals surface area (Å²) in [7, 11) is 5.46. The predicted octanol–water partition coefficient (Wildman–Crippen LogP) is 2.05. The summed E-state index contributed by atoms with van der Waals surface area (Å²) in [5, 5.41) is 4.55. The maximum absolute atomic E-state index is 5.68. The number of methoxy groups -OCH3 is 2. The van der Waals surface area contributed by atoms with E-state index in [1.807, 2.05) is 19.1 Å². The van der Waals surface area contributed by atoms with Crippen LogP contribution in [-0.4, -0.2) is 51.6 Å². The molecule has 1 aromatic rings. The average Bonchev–Trinajstić information content (AvgIpc) is 2.98. The SMILES string of the molecule is CCOc1c(OC)cc(C2NN=C3CCN(C)CC32)cc1OC. The second kappa shape index (κ2) is 6.66. The number of nitrogens with one attached hydrogen (secondary N) is 1. The van der Waals surface area contributed by atoms with E-state index in [1.165, 1.54) is 5.71 Å². The molecule has 1 aromatic carbocycles. The number of hydrazone groups is 1. The highest BCUT2D eigenvalue weighted by atomic mass is 16.5. The molecule has 23 heavy (non-hydrogen) atoms. The van der Waals surface area contributed by atoms with Gasteiger partial charge in [-0.15, -0.1) is 0 Å². The van der Waals surface area contributed by atoms with E-state index in [0.29, 0.717) is 29.8 Å². The van der Waals surface area contributed by atoms with Gasteiger partial charge in [0.2, 0.25) is 5.75 Å². The van der Waals surface area contributed by atoms with Crippen LogP contribution in [0, 0.1) is 5.92 Å². The molecule has 0 amide bonds. The van der Waals surface area contributed by atoms with E-state index in [0.717, 1.165) is 25.1 Å². The van der Waals surface area contributed by atoms with Crippen LogP contribution in [0.3, 0.4) is 0 Å². The number of benzene rings is 1. The molecule has 0 bridgehead atoms. The lowest BCUT2D eigenvalue weighted by Gasteiger charge is -2.31. The van der Waals surface area contributed by atoms with Crippen LogP contribution in [0.15, 0.2) is 17.2 Å². The Labute approximate surface area is 137 Å². The first-order valence-corrected chi connectivity index (χ1v) is 8.07. The Morgan fingerprint density at radius 2 is 1.96 bits per heavy atom. The Balaban J connectivity index is 1.94. The van der Waals surface area contributed by atoms with Crippen LogP contribution in [0.4, 0.5) is 0 Å². The third-order valence-corrected chi connectivity index (χ3v) is 4.57. The van der Waals surface area contributed by atoms with E-state index in [-0.39, 0.29) is 6.04 Å². The molecule has 2 atom stereocenters. The zero-order valence-corrected chi connectivity index (χ0v) is 14.3. The number of likely N-dealkylation sites (tertiary alicyclic amines) is 1. The summed E-state index contributed by atoms with van der Waals surface area (Å²) in [6.45, 7) is 4.59. The number of rotatable bonds is 5. The van der Waals surface area contributed by atoms with Gasteiger partial charge in [0, 0.05) is 31.1 Å². The topological polar surface area (TPSA) is 55.3 Å². The van der Waals surface area contributed by atoms with Gasteiger partial charge in [0.05, 0.1) is 26.9 Å². The van der Waals surface area contributed by atoms with Crippen LogP contribution in [0.2, 0.25) is 0 Å². The zero-order valence-electron chi connectivity index (χ0n) is 14.3. The molecule has 2 heterocycles. The van der Waals surface area contributed by atoms with Crippen LogP contribution in [0.25, 0.3) is 0 Å². The van der Waals surface area contributed by atoms with Crippen molar-refractivity contribution in [3.63, 3.8) is 0 Å². The second-order valence-corrected chi connectivity index (χ2v) is 6.02. The van der Waals surface area contributed by atoms with Crippen molar-refractivity contribution in [2.75, 3.05) is 41.0 Å². The first kappa shape index (κ1) is 15.9. The molecule has 0 aromatic heterocycles. The molecule has 2 aliphatic rings. The van der Waals surface area contributed by atoms with Gasteiger partial charge in [-0.05, 0) is 31.7 Å². The highest BCUT2D eigenvalue weighted by molar-refractivity contribution is 5.90. The van der Waals surface area contributed by atoms with Gasteiger partial charge in [-0.25, -0.2) is 0 Å². The summed E-state index contributed by atoms with van der Waals surface area (Å²) in [6.07, 6.45) is 1.02. The molecule has 1 fully saturated rings. The Hall–Kier alpha value is -1.95. The Kier molecular flexibility index (Phi) is 4.61. The van der Waals surface area contributed by atoms with E-state index in [9.17, 15) is 0 Å². The van der Waals surface area contributed by atoms with Crippen molar-refractivity contribution in [3.8, 4) is 17.2 Å². The summed E-state index contributed by atoms with van der Waals surface area (Å²) in [6, 6.07) is 4.20. The molecule has 3 rings (SSSR count). The van der Waals surface area contributed by atoms with Gasteiger partial charge in [-0.1, -0.05) is 0 Å². The van der Waals surface area contributed by atoms with Crippen molar-refractivity contribution >= 4 is 5.71 Å². The average molecular weight is 319 g/mol. The molecule has 0 aliphatic carbocycles. The van der Waals surface area contributed by atoms with Crippen LogP contribution in [0.1, 0.15) is 24.9 Å². The smallest absolute Gasteiger partial charge is 0.203 e. The van der Waals surface area contributed by atoms with E-state index in [2.05, 4.69) is 22.5 Å². The van der Waals surface area contributed by atoms with Crippen LogP contribution in [0.5, 0.6) is 17.2 Å². The maximum atomic E-state index is 5.68. The minimum Gasteiger partial charge on any atom is -0.493 e. The molecule has 6 heteroatoms. The number of hydrogen-bond donors (Lipinski definition) is 1. The van der Waals surface area contributed by atoms with Crippen molar-refractivity contribution in [2.24, 2.45) is 11.0 Å². The quantitative estimate of drug-likeness (QED) is 0.900. The molecule has 126 valence electrons. The van der Waals surface area contributed by atoms with E-state index in [4.69, 9.17) is 14.2 Å². The fourth-order valence-electron chi connectivity index (χ4n) is 3.38. The van der Waals surface area contributed by atoms with Gasteiger partial charge >= 0.3 is 0 Å². The van der Waals surface area contributed by atoms with Gasteiger partial charge in [0.15, 0.2) is 11.5 Å². The molecular formula is C17H25N3O3. The summed E-state index contributed by atoms with van der Waals surface area (Å²) in [5.41, 5.74) is 5.67. The standard InChI is InChI=1S/C17H25N3O3/c1-5-23-17-14(21-3)8-11(9-15(17)22-4)16-12-10-20(2)7-6-13(12)18-19-16/h8-9,12,16,19H,5-7,10H2,1-4H3. The minimum atomic E-state index is 0.145. The first-order valence-electron chi connectivity index (χ1n) is 8.07. The molecule has 1 saturated heterocycles. The lowest BCUT2D eigenvalue weighted by Crippen LogP contribution is -2.39. The Bertz CT molecular complexity index is 578. The number of piperidine rings is 1. The van der Waals surface area contributed by atoms with Gasteiger partial charge in [-0.2, -0.15) is 5.10 Å². The van der Waals surface area contributed by atoms with Gasteiger partial charge in [0.25, 0.3) is 0 Å². The van der Waals surface area contributed by atoms with Gasteiger partial charge < -0.3 is 24.5 Å². The fourth-order valence-corrected chi connectivity index (χ4v) is 3.38. The van der Waals surface area contributed by atoms with Crippen molar-refractivity contribution in [1.82, 2.24) is 10.3 Å². The third kappa shape index (κ3) is 2.95. The molecule has 1 N–H and O–H groups in total. The second-order valence-electron chi connectivity index (χ2n) is 6.02. The molecule has 0 spiro atoms. The Morgan fingerprint density at radius 1 is 1.26 bits per heavy atom. The minimum absolute atomic E-state index is 0.145. The van der Waals surface area contributed by atoms with Crippen molar-refractivity contribution in [3.05, 3.63) is 17.7 Å². The maximum Gasteiger partial charge on any atom is 0.203 e. The largest absolute Gasteiger partial charge is 0.493 e. The highest BCUT2D eigenvalue weighted by Crippen LogP contribution is 2.42. The van der Waals surface area contributed by atoms with E-state index < -0.39 is 0 Å². The Morgan fingerprint density at radius 3 is 2.57 bits per heavy atom. The number of nitrogens with zero attached hydrogens (tertiary/aromatic N) is 2. The lowest BCUT2D eigenvalue weighted by molar-refractivity contribution is 0.270. The normalized spacial score (nSPS) is 23.7. The molecule has 6 nitrogen and oxygen atoms in total. The van der Waals surface area contributed by atoms with E-state index >= 15 is 0 Å². The molecule has 2 aliphatic heterocycles. The van der Waals surface area contributed by atoms with Crippen LogP contribution >= 0.6 is 0 Å². The molecule has 2 unspecified atom stereocenters. The van der Waals surface area contributed by atoms with Crippen LogP contribution in [-0.2, 0) is 0 Å². The molecule has 0 radical (unpaired) electrons. The number of fused-ring (bicyclic) bond motifs is 1. The van der Waals surface area contributed by atoms with Crippen LogP contribution < -0.4 is 19.6 Å². The summed E-state index contributed by atoms with van der Waals surface area (Å²) in [4.78, 5) is 2.35. The van der Waals surface area contributed by atoms with Gasteiger partial charge in [0.1, 0.15) is 0 Å². The molecule has 0 saturated carbocycles. The summed E-state index contributed by atoms with van der Waals surface area (Å²) >= 11 is 0. The zero-order chi connectivity index (χ0) is 16.4. The third-order valence-electron chi connectivity index (χ3n) is 4.57. The van der Waals surface area contributed by atoms with Gasteiger partial charge in [-0.3, -0.25) is 0 Å². The number of ether oxygens (including phenoxy) is 3. The predicted molar refractivity (Wildman–Crippen MR) is 89.6 cm³/mol. The number of hydrogen-bond acceptors (Lipinski definition) is 6. The van der Waals surface area contributed by atoms with Crippen molar-refractivity contribution in [2.45, 2.75) is 19.4 Å². The van der Waals surface area contributed by atoms with Crippen molar-refractivity contribution in [1.29, 1.82) is 0 Å². The monoisotopic (exact) mass is 319 g/mol. The summed E-state index contributed by atoms with van der Waals surface area (Å²) in [5.74, 6) is 2.43. The first-order chi connectivity index (χ1) is 11.2. The summed E-state index contributed by atoms with van der Waals surface area (Å²) < 4.78 is 16.7. The van der Waals surface area contributed by atoms with Crippen molar-refractivity contribution < 1.29 is 14.2 Å². The molecular weight excluding hydrogens is 294 g/mol. The lowest BCUT2D eigenvalue weighted by atomic mass is 9.86. The van der Waals surface area contributed by atoms with E-state index in [1.54, 1.807) is 14.2 Å².